The highest BCUT2D eigenvalue weighted by molar-refractivity contribution is 6.31. The predicted octanol–water partition coefficient (Wildman–Crippen LogP) is 3.32. The standard InChI is InChI=1S/C25H27ClN2O4/c1-4-14-31-18-9-6-16(7-10-18)22-21-23(29)19-15-17(26)8-11-20(19)32-24(21)25(30)28(22)13-5-12-27(2)3/h6-11,15,22H,4-5,12-14H2,1-3H3/p+1. The molecule has 2 aromatic carbocycles. The average molecular weight is 456 g/mol. The monoisotopic (exact) mass is 455 g/mol. The van der Waals surface area contributed by atoms with Crippen molar-refractivity contribution in [2.45, 2.75) is 25.8 Å². The number of hydrogen-bond donors (Lipinski definition) is 1. The molecule has 0 spiro atoms. The summed E-state index contributed by atoms with van der Waals surface area (Å²) in [5.41, 5.74) is 1.39. The Bertz CT molecular complexity index is 1190. The van der Waals surface area contributed by atoms with E-state index < -0.39 is 6.04 Å². The molecule has 2 heterocycles. The van der Waals surface area contributed by atoms with Gasteiger partial charge in [-0.05, 0) is 42.3 Å². The zero-order valence-electron chi connectivity index (χ0n) is 18.6. The number of nitrogens with zero attached hydrogens (tertiary/aromatic N) is 1. The highest BCUT2D eigenvalue weighted by Crippen LogP contribution is 2.38. The number of amides is 1. The second-order valence-corrected chi connectivity index (χ2v) is 8.88. The van der Waals surface area contributed by atoms with Gasteiger partial charge >= 0.3 is 0 Å². The normalized spacial score (nSPS) is 15.6. The molecule has 0 bridgehead atoms. The van der Waals surface area contributed by atoms with Crippen LogP contribution in [0.5, 0.6) is 5.75 Å². The molecular weight excluding hydrogens is 428 g/mol. The van der Waals surface area contributed by atoms with Gasteiger partial charge in [0.25, 0.3) is 5.91 Å². The summed E-state index contributed by atoms with van der Waals surface area (Å²) < 4.78 is 11.7. The largest absolute Gasteiger partial charge is 0.494 e. The first-order valence-corrected chi connectivity index (χ1v) is 11.4. The summed E-state index contributed by atoms with van der Waals surface area (Å²) in [5.74, 6) is 0.637. The zero-order chi connectivity index (χ0) is 22.8. The Labute approximate surface area is 192 Å². The summed E-state index contributed by atoms with van der Waals surface area (Å²) in [4.78, 5) is 29.9. The van der Waals surface area contributed by atoms with E-state index in [1.807, 2.05) is 24.3 Å². The van der Waals surface area contributed by atoms with Gasteiger partial charge in [-0.2, -0.15) is 0 Å². The number of fused-ring (bicyclic) bond motifs is 2. The summed E-state index contributed by atoms with van der Waals surface area (Å²) in [7, 11) is 4.16. The van der Waals surface area contributed by atoms with Gasteiger partial charge in [-0.3, -0.25) is 9.59 Å². The first-order chi connectivity index (χ1) is 15.4. The van der Waals surface area contributed by atoms with Crippen molar-refractivity contribution in [3.63, 3.8) is 0 Å². The Morgan fingerprint density at radius 2 is 1.88 bits per heavy atom. The molecular formula is C25H28ClN2O4+. The number of hydrogen-bond acceptors (Lipinski definition) is 4. The van der Waals surface area contributed by atoms with Crippen LogP contribution in [0, 0.1) is 0 Å². The Balaban J connectivity index is 1.80. The average Bonchev–Trinajstić information content (AvgIpc) is 3.05. The molecule has 1 N–H and O–H groups in total. The van der Waals surface area contributed by atoms with E-state index in [9.17, 15) is 9.59 Å². The van der Waals surface area contributed by atoms with Gasteiger partial charge in [-0.25, -0.2) is 0 Å². The lowest BCUT2D eigenvalue weighted by molar-refractivity contribution is -0.858. The Kier molecular flexibility index (Phi) is 6.53. The molecule has 6 nitrogen and oxygen atoms in total. The van der Waals surface area contributed by atoms with Gasteiger partial charge in [0, 0.05) is 18.0 Å². The van der Waals surface area contributed by atoms with Crippen LogP contribution >= 0.6 is 11.6 Å². The van der Waals surface area contributed by atoms with E-state index in [1.54, 1.807) is 23.1 Å². The van der Waals surface area contributed by atoms with Gasteiger partial charge < -0.3 is 19.0 Å². The van der Waals surface area contributed by atoms with Crippen LogP contribution in [0.4, 0.5) is 0 Å². The second-order valence-electron chi connectivity index (χ2n) is 8.44. The molecule has 1 unspecified atom stereocenters. The number of carbonyl (C=O) groups is 1. The van der Waals surface area contributed by atoms with E-state index in [1.165, 1.54) is 4.90 Å². The van der Waals surface area contributed by atoms with E-state index >= 15 is 0 Å². The van der Waals surface area contributed by atoms with E-state index in [-0.39, 0.29) is 17.1 Å². The molecule has 1 atom stereocenters. The number of nitrogens with one attached hydrogen (secondary N) is 1. The van der Waals surface area contributed by atoms with Crippen molar-refractivity contribution in [3.8, 4) is 5.75 Å². The zero-order valence-corrected chi connectivity index (χ0v) is 19.4. The summed E-state index contributed by atoms with van der Waals surface area (Å²) in [5, 5.41) is 0.838. The molecule has 32 heavy (non-hydrogen) atoms. The van der Waals surface area contributed by atoms with Crippen LogP contribution in [0.1, 0.15) is 47.5 Å². The fourth-order valence-electron chi connectivity index (χ4n) is 4.14. The quantitative estimate of drug-likeness (QED) is 0.566. The third-order valence-electron chi connectivity index (χ3n) is 5.67. The molecule has 168 valence electrons. The second kappa shape index (κ2) is 9.35. The van der Waals surface area contributed by atoms with Gasteiger partial charge in [0.05, 0.1) is 44.2 Å². The van der Waals surface area contributed by atoms with Crippen LogP contribution < -0.4 is 15.1 Å². The van der Waals surface area contributed by atoms with Gasteiger partial charge in [-0.15, -0.1) is 0 Å². The van der Waals surface area contributed by atoms with Crippen LogP contribution in [0.2, 0.25) is 5.02 Å². The Morgan fingerprint density at radius 3 is 2.56 bits per heavy atom. The molecule has 0 aliphatic carbocycles. The van der Waals surface area contributed by atoms with Crippen molar-refractivity contribution in [1.29, 1.82) is 0 Å². The van der Waals surface area contributed by atoms with Crippen molar-refractivity contribution in [1.82, 2.24) is 4.90 Å². The topological polar surface area (TPSA) is 64.2 Å². The van der Waals surface area contributed by atoms with E-state index in [0.29, 0.717) is 34.7 Å². The predicted molar refractivity (Wildman–Crippen MR) is 125 cm³/mol. The summed E-state index contributed by atoms with van der Waals surface area (Å²) >= 11 is 6.14. The minimum atomic E-state index is -0.505. The summed E-state index contributed by atoms with van der Waals surface area (Å²) in [6, 6.07) is 12.0. The molecule has 1 aliphatic rings. The fourth-order valence-corrected chi connectivity index (χ4v) is 4.31. The lowest BCUT2D eigenvalue weighted by Crippen LogP contribution is -3.05. The van der Waals surface area contributed by atoms with Crippen LogP contribution in [-0.4, -0.2) is 44.6 Å². The van der Waals surface area contributed by atoms with Gasteiger partial charge in [-0.1, -0.05) is 30.7 Å². The van der Waals surface area contributed by atoms with Crippen molar-refractivity contribution in [3.05, 3.63) is 74.6 Å². The van der Waals surface area contributed by atoms with Gasteiger partial charge in [0.1, 0.15) is 11.3 Å². The maximum atomic E-state index is 13.5. The molecule has 7 heteroatoms. The van der Waals surface area contributed by atoms with E-state index in [0.717, 1.165) is 30.7 Å². The molecule has 0 saturated heterocycles. The number of carbonyl (C=O) groups excluding carboxylic acids is 1. The summed E-state index contributed by atoms with van der Waals surface area (Å²) in [6.45, 7) is 4.14. The number of benzene rings is 2. The highest BCUT2D eigenvalue weighted by atomic mass is 35.5. The third kappa shape index (κ3) is 4.25. The van der Waals surface area contributed by atoms with Crippen LogP contribution in [0.3, 0.4) is 0 Å². The maximum Gasteiger partial charge on any atom is 0.290 e. The molecule has 3 aromatic rings. The van der Waals surface area contributed by atoms with Crippen molar-refractivity contribution < 1.29 is 18.8 Å². The van der Waals surface area contributed by atoms with Crippen molar-refractivity contribution >= 4 is 28.5 Å². The lowest BCUT2D eigenvalue weighted by atomic mass is 9.98. The SMILES string of the molecule is CCCOc1ccc(C2c3c(oc4ccc(Cl)cc4c3=O)C(=O)N2CCC[NH+](C)C)cc1. The van der Waals surface area contributed by atoms with Gasteiger partial charge in [0.2, 0.25) is 5.76 Å². The maximum absolute atomic E-state index is 13.5. The molecule has 4 rings (SSSR count). The number of rotatable bonds is 8. The van der Waals surface area contributed by atoms with Crippen LogP contribution in [0.25, 0.3) is 11.0 Å². The first-order valence-electron chi connectivity index (χ1n) is 11.0. The molecule has 0 radical (unpaired) electrons. The molecule has 0 fully saturated rings. The van der Waals surface area contributed by atoms with Crippen LogP contribution in [0.15, 0.2) is 51.7 Å². The molecule has 0 saturated carbocycles. The number of ether oxygens (including phenoxy) is 1. The molecule has 1 aliphatic heterocycles. The fraction of sp³-hybridized carbons (Fsp3) is 0.360. The van der Waals surface area contributed by atoms with E-state index in [2.05, 4.69) is 21.0 Å². The summed E-state index contributed by atoms with van der Waals surface area (Å²) in [6.07, 6.45) is 1.74. The number of quaternary nitrogens is 1. The molecule has 1 amide bonds. The first kappa shape index (κ1) is 22.4. The minimum absolute atomic E-state index is 0.123. The number of halogens is 1. The Morgan fingerprint density at radius 1 is 1.12 bits per heavy atom. The van der Waals surface area contributed by atoms with Crippen molar-refractivity contribution in [2.24, 2.45) is 0 Å². The van der Waals surface area contributed by atoms with Gasteiger partial charge in [0.15, 0.2) is 5.43 Å². The highest BCUT2D eigenvalue weighted by Gasteiger charge is 2.42. The van der Waals surface area contributed by atoms with Crippen LogP contribution in [-0.2, 0) is 0 Å². The lowest BCUT2D eigenvalue weighted by Gasteiger charge is -2.25. The minimum Gasteiger partial charge on any atom is -0.494 e. The third-order valence-corrected chi connectivity index (χ3v) is 5.91. The van der Waals surface area contributed by atoms with Crippen molar-refractivity contribution in [2.75, 3.05) is 33.8 Å². The smallest absolute Gasteiger partial charge is 0.290 e. The van der Waals surface area contributed by atoms with E-state index in [4.69, 9.17) is 20.8 Å². The molecule has 1 aromatic heterocycles. The Hall–Kier alpha value is -2.83.